The number of sulfonamides is 1. The predicted octanol–water partition coefficient (Wildman–Crippen LogP) is 0.918. The van der Waals surface area contributed by atoms with Crippen LogP contribution in [0, 0.1) is 0 Å². The van der Waals surface area contributed by atoms with Crippen molar-refractivity contribution in [2.45, 2.75) is 0 Å². The number of benzene rings is 1. The monoisotopic (exact) mass is 380 g/mol. The molecule has 1 aliphatic heterocycles. The molecule has 0 aliphatic carbocycles. The van der Waals surface area contributed by atoms with Gasteiger partial charge in [0.25, 0.3) is 0 Å². The summed E-state index contributed by atoms with van der Waals surface area (Å²) in [6.07, 6.45) is 4.24. The van der Waals surface area contributed by atoms with E-state index in [0.29, 0.717) is 13.1 Å². The lowest BCUT2D eigenvalue weighted by molar-refractivity contribution is 0.147. The zero-order valence-electron chi connectivity index (χ0n) is 15.5. The van der Waals surface area contributed by atoms with Crippen LogP contribution in [0.25, 0.3) is 6.08 Å². The third-order valence-corrected chi connectivity index (χ3v) is 6.16. The first-order valence-electron chi connectivity index (χ1n) is 8.75. The molecule has 2 rings (SSSR count). The molecule has 0 atom stereocenters. The maximum atomic E-state index is 12.1. The van der Waals surface area contributed by atoms with E-state index in [0.717, 1.165) is 19.6 Å². The molecule has 144 valence electrons. The van der Waals surface area contributed by atoms with Crippen LogP contribution in [0.4, 0.5) is 4.79 Å². The highest BCUT2D eigenvalue weighted by molar-refractivity contribution is 7.89. The number of carbonyl (C=O) groups excluding carboxylic acids is 1. The summed E-state index contributed by atoms with van der Waals surface area (Å²) in [5.41, 5.74) is 1.18. The second-order valence-electron chi connectivity index (χ2n) is 6.43. The molecule has 0 saturated carbocycles. The van der Waals surface area contributed by atoms with E-state index in [-0.39, 0.29) is 18.3 Å². The van der Waals surface area contributed by atoms with Crippen molar-refractivity contribution in [3.05, 3.63) is 42.0 Å². The molecule has 0 radical (unpaired) electrons. The van der Waals surface area contributed by atoms with Gasteiger partial charge in [0.05, 0.1) is 5.75 Å². The Hall–Kier alpha value is -1.90. The van der Waals surface area contributed by atoms with Gasteiger partial charge < -0.3 is 10.2 Å². The Balaban J connectivity index is 1.67. The second-order valence-corrected chi connectivity index (χ2v) is 8.73. The molecule has 26 heavy (non-hydrogen) atoms. The van der Waals surface area contributed by atoms with Gasteiger partial charge in [0, 0.05) is 53.4 Å². The molecule has 0 unspecified atom stereocenters. The molecule has 1 heterocycles. The van der Waals surface area contributed by atoms with Gasteiger partial charge in [-0.25, -0.2) is 17.5 Å². The number of hydrogen-bond acceptors (Lipinski definition) is 4. The predicted molar refractivity (Wildman–Crippen MR) is 104 cm³/mol. The standard InChI is InChI=1S/C18H28N4O3S/c1-20(2)26(24,25)16-10-19-18(23)22-14-12-21(13-15-22)11-6-9-17-7-4-3-5-8-17/h3-9H,10-16H2,1-2H3,(H,19,23). The van der Waals surface area contributed by atoms with Crippen LogP contribution in [-0.4, -0.2) is 87.7 Å². The van der Waals surface area contributed by atoms with Crippen LogP contribution < -0.4 is 5.32 Å². The Morgan fingerprint density at radius 3 is 2.42 bits per heavy atom. The highest BCUT2D eigenvalue weighted by Gasteiger charge is 2.21. The highest BCUT2D eigenvalue weighted by Crippen LogP contribution is 2.05. The number of nitrogens with one attached hydrogen (secondary N) is 1. The molecular formula is C18H28N4O3S. The van der Waals surface area contributed by atoms with Crippen molar-refractivity contribution in [3.8, 4) is 0 Å². The van der Waals surface area contributed by atoms with Gasteiger partial charge in [0.2, 0.25) is 10.0 Å². The molecule has 1 N–H and O–H groups in total. The molecule has 1 fully saturated rings. The fourth-order valence-corrected chi connectivity index (χ4v) is 3.34. The average Bonchev–Trinajstić information content (AvgIpc) is 2.63. The summed E-state index contributed by atoms with van der Waals surface area (Å²) < 4.78 is 24.5. The van der Waals surface area contributed by atoms with Gasteiger partial charge in [-0.3, -0.25) is 4.90 Å². The molecule has 0 aromatic heterocycles. The molecular weight excluding hydrogens is 352 g/mol. The van der Waals surface area contributed by atoms with Gasteiger partial charge in [-0.05, 0) is 5.56 Å². The van der Waals surface area contributed by atoms with Crippen molar-refractivity contribution in [1.29, 1.82) is 0 Å². The van der Waals surface area contributed by atoms with Crippen LogP contribution in [0.3, 0.4) is 0 Å². The molecule has 0 spiro atoms. The molecule has 0 bridgehead atoms. The number of hydrogen-bond donors (Lipinski definition) is 1. The number of urea groups is 1. The van der Waals surface area contributed by atoms with Crippen molar-refractivity contribution in [2.24, 2.45) is 0 Å². The largest absolute Gasteiger partial charge is 0.337 e. The molecule has 2 amide bonds. The second kappa shape index (κ2) is 9.70. The van der Waals surface area contributed by atoms with E-state index < -0.39 is 10.0 Å². The quantitative estimate of drug-likeness (QED) is 0.763. The maximum Gasteiger partial charge on any atom is 0.317 e. The Morgan fingerprint density at radius 1 is 1.15 bits per heavy atom. The van der Waals surface area contributed by atoms with E-state index in [9.17, 15) is 13.2 Å². The van der Waals surface area contributed by atoms with Gasteiger partial charge in [-0.1, -0.05) is 42.5 Å². The lowest BCUT2D eigenvalue weighted by Crippen LogP contribution is -2.52. The zero-order valence-corrected chi connectivity index (χ0v) is 16.3. The third-order valence-electron chi connectivity index (χ3n) is 4.33. The van der Waals surface area contributed by atoms with Crippen molar-refractivity contribution in [3.63, 3.8) is 0 Å². The first-order valence-corrected chi connectivity index (χ1v) is 10.4. The van der Waals surface area contributed by atoms with Crippen LogP contribution in [0.15, 0.2) is 36.4 Å². The van der Waals surface area contributed by atoms with E-state index >= 15 is 0 Å². The van der Waals surface area contributed by atoms with Gasteiger partial charge in [0.1, 0.15) is 0 Å². The van der Waals surface area contributed by atoms with Crippen LogP contribution in [0.5, 0.6) is 0 Å². The third kappa shape index (κ3) is 6.44. The van der Waals surface area contributed by atoms with E-state index in [1.165, 1.54) is 24.0 Å². The topological polar surface area (TPSA) is 73.0 Å². The first-order chi connectivity index (χ1) is 12.4. The fourth-order valence-electron chi connectivity index (χ4n) is 2.62. The van der Waals surface area contributed by atoms with Crippen LogP contribution in [0.1, 0.15) is 5.56 Å². The summed E-state index contributed by atoms with van der Waals surface area (Å²) in [6.45, 7) is 3.88. The van der Waals surface area contributed by atoms with Crippen LogP contribution in [-0.2, 0) is 10.0 Å². The van der Waals surface area contributed by atoms with Crippen molar-refractivity contribution >= 4 is 22.1 Å². The summed E-state index contributed by atoms with van der Waals surface area (Å²) in [4.78, 5) is 16.2. The van der Waals surface area contributed by atoms with Gasteiger partial charge in [-0.15, -0.1) is 0 Å². The number of carbonyl (C=O) groups is 1. The SMILES string of the molecule is CN(C)S(=O)(=O)CCNC(=O)N1CCN(CC=Cc2ccccc2)CC1. The minimum atomic E-state index is -3.28. The number of rotatable bonds is 7. The van der Waals surface area contributed by atoms with Crippen molar-refractivity contribution < 1.29 is 13.2 Å². The van der Waals surface area contributed by atoms with E-state index in [2.05, 4.69) is 34.5 Å². The number of piperazine rings is 1. The summed E-state index contributed by atoms with van der Waals surface area (Å²) in [7, 11) is -0.305. The normalized spacial score (nSPS) is 16.3. The molecule has 1 saturated heterocycles. The average molecular weight is 381 g/mol. The van der Waals surface area contributed by atoms with Crippen molar-refractivity contribution in [1.82, 2.24) is 19.4 Å². The summed E-state index contributed by atoms with van der Waals surface area (Å²) in [5, 5.41) is 2.69. The Kier molecular flexibility index (Phi) is 7.62. The minimum Gasteiger partial charge on any atom is -0.337 e. The van der Waals surface area contributed by atoms with Crippen molar-refractivity contribution in [2.75, 3.05) is 59.1 Å². The van der Waals surface area contributed by atoms with E-state index in [4.69, 9.17) is 0 Å². The molecule has 8 heteroatoms. The first kappa shape index (κ1) is 20.4. The molecule has 7 nitrogen and oxygen atoms in total. The Labute approximate surface area is 156 Å². The lowest BCUT2D eigenvalue weighted by Gasteiger charge is -2.34. The van der Waals surface area contributed by atoms with Gasteiger partial charge in [0.15, 0.2) is 0 Å². The lowest BCUT2D eigenvalue weighted by atomic mass is 10.2. The molecule has 1 aliphatic rings. The smallest absolute Gasteiger partial charge is 0.317 e. The maximum absolute atomic E-state index is 12.1. The minimum absolute atomic E-state index is 0.0873. The molecule has 1 aromatic carbocycles. The van der Waals surface area contributed by atoms with Crippen LogP contribution in [0.2, 0.25) is 0 Å². The molecule has 1 aromatic rings. The highest BCUT2D eigenvalue weighted by atomic mass is 32.2. The zero-order chi connectivity index (χ0) is 19.0. The Morgan fingerprint density at radius 2 is 1.81 bits per heavy atom. The summed E-state index contributed by atoms with van der Waals surface area (Å²) in [5.74, 6) is -0.0873. The van der Waals surface area contributed by atoms with E-state index in [1.54, 1.807) is 4.90 Å². The van der Waals surface area contributed by atoms with Gasteiger partial charge in [-0.2, -0.15) is 0 Å². The number of nitrogens with zero attached hydrogens (tertiary/aromatic N) is 3. The number of amides is 2. The summed E-state index contributed by atoms with van der Waals surface area (Å²) >= 11 is 0. The van der Waals surface area contributed by atoms with Crippen LogP contribution >= 0.6 is 0 Å². The summed E-state index contributed by atoms with van der Waals surface area (Å²) in [6, 6.07) is 9.96. The fraction of sp³-hybridized carbons (Fsp3) is 0.500. The van der Waals surface area contributed by atoms with Gasteiger partial charge >= 0.3 is 6.03 Å². The van der Waals surface area contributed by atoms with E-state index in [1.807, 2.05) is 18.2 Å². The Bertz CT molecular complexity index is 696.